The van der Waals surface area contributed by atoms with Gasteiger partial charge in [0, 0.05) is 0 Å². The molecule has 0 saturated carbocycles. The lowest BCUT2D eigenvalue weighted by molar-refractivity contribution is -0.914. The summed E-state index contributed by atoms with van der Waals surface area (Å²) in [5.74, 6) is 0. The fourth-order valence-electron chi connectivity index (χ4n) is 1.75. The van der Waals surface area contributed by atoms with Gasteiger partial charge in [-0.05, 0) is 26.2 Å². The van der Waals surface area contributed by atoms with Crippen molar-refractivity contribution in [3.05, 3.63) is 0 Å². The van der Waals surface area contributed by atoms with Gasteiger partial charge in [0.2, 0.25) is 0 Å². The van der Waals surface area contributed by atoms with Gasteiger partial charge in [-0.3, -0.25) is 0 Å². The maximum atomic E-state index is 2.35. The number of rotatable bonds is 6. The monoisotopic (exact) mass is 172 g/mol. The summed E-state index contributed by atoms with van der Waals surface area (Å²) < 4.78 is 1.19. The Balaban J connectivity index is 3.95. The summed E-state index contributed by atoms with van der Waals surface area (Å²) in [6.07, 6.45) is 5.44. The highest BCUT2D eigenvalue weighted by Crippen LogP contribution is 2.16. The molecule has 0 spiro atoms. The van der Waals surface area contributed by atoms with Gasteiger partial charge in [-0.2, -0.15) is 0 Å². The summed E-state index contributed by atoms with van der Waals surface area (Å²) >= 11 is 0. The van der Waals surface area contributed by atoms with Crippen LogP contribution in [0.4, 0.5) is 0 Å². The molecule has 0 bridgehead atoms. The SMILES string of the molecule is CCCCC(CC)[N+](C)(C)CC. The third-order valence-electron chi connectivity index (χ3n) is 3.17. The van der Waals surface area contributed by atoms with Gasteiger partial charge in [0.25, 0.3) is 0 Å². The molecule has 0 saturated heterocycles. The highest BCUT2D eigenvalue weighted by atomic mass is 15.3. The second-order valence-electron chi connectivity index (χ2n) is 4.30. The molecule has 0 fully saturated rings. The lowest BCUT2D eigenvalue weighted by Crippen LogP contribution is -2.48. The maximum absolute atomic E-state index is 2.35. The lowest BCUT2D eigenvalue weighted by Gasteiger charge is -2.37. The quantitative estimate of drug-likeness (QED) is 0.540. The maximum Gasteiger partial charge on any atom is 0.0883 e. The molecular weight excluding hydrogens is 146 g/mol. The van der Waals surface area contributed by atoms with Crippen molar-refractivity contribution in [2.45, 2.75) is 52.5 Å². The molecule has 74 valence electrons. The largest absolute Gasteiger partial charge is 0.326 e. The van der Waals surface area contributed by atoms with Crippen molar-refractivity contribution in [2.24, 2.45) is 0 Å². The molecule has 0 radical (unpaired) electrons. The Kier molecular flexibility index (Phi) is 5.56. The number of nitrogens with zero attached hydrogens (tertiary/aromatic N) is 1. The van der Waals surface area contributed by atoms with Gasteiger partial charge in [0.1, 0.15) is 0 Å². The number of hydrogen-bond donors (Lipinski definition) is 0. The van der Waals surface area contributed by atoms with Crippen LogP contribution in [0.1, 0.15) is 46.5 Å². The smallest absolute Gasteiger partial charge is 0.0883 e. The van der Waals surface area contributed by atoms with Crippen molar-refractivity contribution >= 4 is 0 Å². The molecule has 12 heavy (non-hydrogen) atoms. The van der Waals surface area contributed by atoms with E-state index in [1.165, 1.54) is 36.7 Å². The van der Waals surface area contributed by atoms with Crippen LogP contribution in [0, 0.1) is 0 Å². The van der Waals surface area contributed by atoms with Gasteiger partial charge >= 0.3 is 0 Å². The van der Waals surface area contributed by atoms with Crippen molar-refractivity contribution < 1.29 is 4.48 Å². The average Bonchev–Trinajstić information content (AvgIpc) is 2.05. The topological polar surface area (TPSA) is 0 Å². The van der Waals surface area contributed by atoms with Crippen LogP contribution in [0.15, 0.2) is 0 Å². The van der Waals surface area contributed by atoms with Crippen molar-refractivity contribution in [3.63, 3.8) is 0 Å². The first-order chi connectivity index (χ1) is 5.58. The van der Waals surface area contributed by atoms with Crippen LogP contribution in [0.3, 0.4) is 0 Å². The van der Waals surface area contributed by atoms with Crippen LogP contribution >= 0.6 is 0 Å². The van der Waals surface area contributed by atoms with E-state index in [1.54, 1.807) is 0 Å². The summed E-state index contributed by atoms with van der Waals surface area (Å²) in [6, 6.07) is 0.870. The van der Waals surface area contributed by atoms with E-state index in [0.29, 0.717) is 0 Å². The minimum Gasteiger partial charge on any atom is -0.326 e. The number of hydrogen-bond acceptors (Lipinski definition) is 0. The molecule has 0 aliphatic rings. The second-order valence-corrected chi connectivity index (χ2v) is 4.30. The summed E-state index contributed by atoms with van der Waals surface area (Å²) in [6.45, 7) is 8.13. The third-order valence-corrected chi connectivity index (χ3v) is 3.17. The Morgan fingerprint density at radius 2 is 1.67 bits per heavy atom. The van der Waals surface area contributed by atoms with Crippen molar-refractivity contribution in [2.75, 3.05) is 20.6 Å². The Bertz CT molecular complexity index is 108. The van der Waals surface area contributed by atoms with E-state index in [2.05, 4.69) is 34.9 Å². The first-order valence-electron chi connectivity index (χ1n) is 5.41. The fraction of sp³-hybridized carbons (Fsp3) is 1.00. The zero-order valence-electron chi connectivity index (χ0n) is 9.56. The van der Waals surface area contributed by atoms with Crippen molar-refractivity contribution in [3.8, 4) is 0 Å². The molecule has 0 aliphatic heterocycles. The van der Waals surface area contributed by atoms with E-state index >= 15 is 0 Å². The first kappa shape index (κ1) is 12.0. The zero-order valence-corrected chi connectivity index (χ0v) is 9.56. The van der Waals surface area contributed by atoms with Crippen LogP contribution in [-0.2, 0) is 0 Å². The van der Waals surface area contributed by atoms with E-state index in [-0.39, 0.29) is 0 Å². The van der Waals surface area contributed by atoms with Crippen LogP contribution in [0.2, 0.25) is 0 Å². The molecule has 0 aliphatic carbocycles. The minimum atomic E-state index is 0.870. The van der Waals surface area contributed by atoms with Gasteiger partial charge in [-0.25, -0.2) is 0 Å². The van der Waals surface area contributed by atoms with Crippen LogP contribution in [0.5, 0.6) is 0 Å². The Morgan fingerprint density at radius 3 is 2.00 bits per heavy atom. The first-order valence-corrected chi connectivity index (χ1v) is 5.41. The van der Waals surface area contributed by atoms with Crippen molar-refractivity contribution in [1.82, 2.24) is 0 Å². The Labute approximate surface area is 78.4 Å². The molecule has 0 heterocycles. The third kappa shape index (κ3) is 3.57. The normalized spacial score (nSPS) is 14.8. The van der Waals surface area contributed by atoms with E-state index in [9.17, 15) is 0 Å². The van der Waals surface area contributed by atoms with Gasteiger partial charge in [-0.15, -0.1) is 0 Å². The van der Waals surface area contributed by atoms with Gasteiger partial charge < -0.3 is 4.48 Å². The van der Waals surface area contributed by atoms with Crippen LogP contribution in [-0.4, -0.2) is 31.2 Å². The lowest BCUT2D eigenvalue weighted by atomic mass is 10.0. The van der Waals surface area contributed by atoms with Gasteiger partial charge in [-0.1, -0.05) is 20.3 Å². The molecule has 1 unspecified atom stereocenters. The average molecular weight is 172 g/mol. The predicted molar refractivity (Wildman–Crippen MR) is 56.3 cm³/mol. The van der Waals surface area contributed by atoms with E-state index in [0.717, 1.165) is 6.04 Å². The van der Waals surface area contributed by atoms with E-state index in [1.807, 2.05) is 0 Å². The molecule has 0 amide bonds. The molecule has 0 N–H and O–H groups in total. The van der Waals surface area contributed by atoms with Crippen molar-refractivity contribution in [1.29, 1.82) is 0 Å². The zero-order chi connectivity index (χ0) is 9.61. The summed E-state index contributed by atoms with van der Waals surface area (Å²) in [5.41, 5.74) is 0. The summed E-state index contributed by atoms with van der Waals surface area (Å²) in [7, 11) is 4.70. The standard InChI is InChI=1S/C11H26N/c1-6-9-10-11(7-2)12(4,5)8-3/h11H,6-10H2,1-5H3/q+1. The summed E-state index contributed by atoms with van der Waals surface area (Å²) in [4.78, 5) is 0. The fourth-order valence-corrected chi connectivity index (χ4v) is 1.75. The molecule has 1 atom stereocenters. The molecule has 0 aromatic rings. The van der Waals surface area contributed by atoms with E-state index < -0.39 is 0 Å². The minimum absolute atomic E-state index is 0.870. The predicted octanol–water partition coefficient (Wildman–Crippen LogP) is 3.05. The van der Waals surface area contributed by atoms with Crippen LogP contribution in [0.25, 0.3) is 0 Å². The molecule has 0 rings (SSSR count). The van der Waals surface area contributed by atoms with Crippen LogP contribution < -0.4 is 0 Å². The van der Waals surface area contributed by atoms with Gasteiger partial charge in [0.15, 0.2) is 0 Å². The molecule has 1 nitrogen and oxygen atoms in total. The highest BCUT2D eigenvalue weighted by molar-refractivity contribution is 4.55. The Hall–Kier alpha value is -0.0400. The van der Waals surface area contributed by atoms with Gasteiger partial charge in [0.05, 0.1) is 26.7 Å². The molecule has 0 aromatic heterocycles. The number of quaternary nitrogens is 1. The second kappa shape index (κ2) is 5.58. The molecular formula is C11H26N+. The molecule has 1 heteroatoms. The number of unbranched alkanes of at least 4 members (excludes halogenated alkanes) is 1. The van der Waals surface area contributed by atoms with E-state index in [4.69, 9.17) is 0 Å². The highest BCUT2D eigenvalue weighted by Gasteiger charge is 2.23. The Morgan fingerprint density at radius 1 is 1.08 bits per heavy atom. The summed E-state index contributed by atoms with van der Waals surface area (Å²) in [5, 5.41) is 0. The molecule has 0 aromatic carbocycles.